The number of aromatic nitrogens is 1. The highest BCUT2D eigenvalue weighted by molar-refractivity contribution is 5.76. The third-order valence-corrected chi connectivity index (χ3v) is 8.07. The monoisotopic (exact) mass is 525 g/mol. The van der Waals surface area contributed by atoms with Crippen LogP contribution in [-0.4, -0.2) is 58.9 Å². The number of pyridine rings is 1. The van der Waals surface area contributed by atoms with Crippen molar-refractivity contribution < 1.29 is 23.8 Å². The van der Waals surface area contributed by atoms with E-state index < -0.39 is 17.8 Å². The molecule has 2 aromatic rings. The lowest BCUT2D eigenvalue weighted by atomic mass is 9.93. The Labute approximate surface area is 224 Å². The standard InChI is InChI=1S/C30H40FN3O4/c1-30(2)14-12-26(38-30)24-11-9-21(31)18-25(24)27(29(35)36)34-16-13-23(19-34)37-17-4-3-7-22-10-8-20-6-5-15-32-28(20)33-22/h8-11,18,23,26-27H,3-7,12-17,19H2,1-2H3,(H,32,33)(H,35,36)/t23-,26?,27-/m1/s1. The van der Waals surface area contributed by atoms with Crippen molar-refractivity contribution in [2.24, 2.45) is 0 Å². The van der Waals surface area contributed by atoms with E-state index in [4.69, 9.17) is 14.5 Å². The molecule has 0 bridgehead atoms. The molecular formula is C30H40FN3O4. The number of anilines is 1. The first kappa shape index (κ1) is 27.0. The summed E-state index contributed by atoms with van der Waals surface area (Å²) in [5, 5.41) is 13.6. The van der Waals surface area contributed by atoms with Gasteiger partial charge < -0.3 is 19.9 Å². The number of nitrogens with zero attached hydrogens (tertiary/aromatic N) is 2. The second-order valence-electron chi connectivity index (χ2n) is 11.5. The first-order valence-electron chi connectivity index (χ1n) is 14.1. The Balaban J connectivity index is 1.14. The molecule has 1 aromatic heterocycles. The molecule has 0 radical (unpaired) electrons. The van der Waals surface area contributed by atoms with Gasteiger partial charge in [0.2, 0.25) is 0 Å². The molecule has 0 amide bonds. The van der Waals surface area contributed by atoms with E-state index in [2.05, 4.69) is 17.4 Å². The number of unbranched alkanes of at least 4 members (excludes halogenated alkanes) is 1. The van der Waals surface area contributed by atoms with Gasteiger partial charge in [0.05, 0.1) is 17.8 Å². The van der Waals surface area contributed by atoms with Crippen LogP contribution in [0.3, 0.4) is 0 Å². The van der Waals surface area contributed by atoms with Crippen LogP contribution >= 0.6 is 0 Å². The SMILES string of the molecule is CC1(C)CCC(c2ccc(F)cc2[C@H](C(=O)O)N2CC[C@@H](OCCCCc3ccc4c(n3)NCCC4)C2)O1. The molecule has 3 aliphatic heterocycles. The number of aliphatic carboxylic acids is 1. The molecule has 3 aliphatic rings. The summed E-state index contributed by atoms with van der Waals surface area (Å²) in [7, 11) is 0. The summed E-state index contributed by atoms with van der Waals surface area (Å²) >= 11 is 0. The van der Waals surface area contributed by atoms with E-state index >= 15 is 0 Å². The normalized spacial score (nSPS) is 23.7. The topological polar surface area (TPSA) is 83.9 Å². The number of carboxylic acid groups (broad SMARTS) is 1. The Morgan fingerprint density at radius 2 is 2.16 bits per heavy atom. The third kappa shape index (κ3) is 6.35. The molecule has 7 nitrogen and oxygen atoms in total. The van der Waals surface area contributed by atoms with Gasteiger partial charge in [-0.15, -0.1) is 0 Å². The summed E-state index contributed by atoms with van der Waals surface area (Å²) in [6, 6.07) is 7.87. The number of carbonyl (C=O) groups is 1. The Bertz CT molecular complexity index is 1140. The number of rotatable bonds is 10. The van der Waals surface area contributed by atoms with Crippen molar-refractivity contribution in [1.82, 2.24) is 9.88 Å². The van der Waals surface area contributed by atoms with Gasteiger partial charge in [-0.3, -0.25) is 9.69 Å². The molecule has 2 saturated heterocycles. The molecule has 0 saturated carbocycles. The van der Waals surface area contributed by atoms with Gasteiger partial charge in [0.25, 0.3) is 0 Å². The van der Waals surface area contributed by atoms with Gasteiger partial charge in [0.15, 0.2) is 0 Å². The van der Waals surface area contributed by atoms with Crippen molar-refractivity contribution >= 4 is 11.8 Å². The van der Waals surface area contributed by atoms with Crippen LogP contribution in [0, 0.1) is 5.82 Å². The van der Waals surface area contributed by atoms with E-state index in [-0.39, 0.29) is 17.8 Å². The molecule has 5 rings (SSSR count). The second-order valence-corrected chi connectivity index (χ2v) is 11.5. The zero-order valence-corrected chi connectivity index (χ0v) is 22.5. The molecule has 38 heavy (non-hydrogen) atoms. The smallest absolute Gasteiger partial charge is 0.325 e. The Kier molecular flexibility index (Phi) is 8.31. The number of carboxylic acids is 1. The number of hydrogen-bond acceptors (Lipinski definition) is 6. The van der Waals surface area contributed by atoms with Crippen LogP contribution in [0.25, 0.3) is 0 Å². The minimum Gasteiger partial charge on any atom is -0.480 e. The predicted molar refractivity (Wildman–Crippen MR) is 144 cm³/mol. The number of ether oxygens (including phenoxy) is 2. The number of aryl methyl sites for hydroxylation is 2. The Hall–Kier alpha value is -2.55. The van der Waals surface area contributed by atoms with E-state index in [9.17, 15) is 14.3 Å². The van der Waals surface area contributed by atoms with Crippen LogP contribution < -0.4 is 5.32 Å². The molecule has 8 heteroatoms. The number of likely N-dealkylation sites (tertiary alicyclic amines) is 1. The summed E-state index contributed by atoms with van der Waals surface area (Å²) in [6.45, 7) is 6.81. The molecule has 2 N–H and O–H groups in total. The highest BCUT2D eigenvalue weighted by Crippen LogP contribution is 2.42. The van der Waals surface area contributed by atoms with Crippen LogP contribution in [0.5, 0.6) is 0 Å². The maximum atomic E-state index is 14.3. The highest BCUT2D eigenvalue weighted by atomic mass is 19.1. The molecule has 0 aliphatic carbocycles. The van der Waals surface area contributed by atoms with Gasteiger partial charge in [0, 0.05) is 31.9 Å². The van der Waals surface area contributed by atoms with Gasteiger partial charge in [-0.1, -0.05) is 12.1 Å². The molecular weight excluding hydrogens is 485 g/mol. The van der Waals surface area contributed by atoms with Crippen molar-refractivity contribution in [1.29, 1.82) is 0 Å². The summed E-state index contributed by atoms with van der Waals surface area (Å²) in [5.74, 6) is -0.362. The van der Waals surface area contributed by atoms with Gasteiger partial charge >= 0.3 is 5.97 Å². The molecule has 0 spiro atoms. The van der Waals surface area contributed by atoms with Crippen LogP contribution in [0.2, 0.25) is 0 Å². The van der Waals surface area contributed by atoms with Crippen LogP contribution in [0.4, 0.5) is 10.2 Å². The summed E-state index contributed by atoms with van der Waals surface area (Å²) in [6.07, 6.45) is 7.27. The average molecular weight is 526 g/mol. The molecule has 206 valence electrons. The summed E-state index contributed by atoms with van der Waals surface area (Å²) in [4.78, 5) is 19.1. The van der Waals surface area contributed by atoms with Crippen LogP contribution in [0.15, 0.2) is 30.3 Å². The number of benzene rings is 1. The van der Waals surface area contributed by atoms with Gasteiger partial charge in [-0.25, -0.2) is 9.37 Å². The predicted octanol–water partition coefficient (Wildman–Crippen LogP) is 5.45. The number of fused-ring (bicyclic) bond motifs is 1. The number of nitrogens with one attached hydrogen (secondary N) is 1. The minimum absolute atomic E-state index is 0.0263. The molecule has 3 atom stereocenters. The lowest BCUT2D eigenvalue weighted by molar-refractivity contribution is -0.143. The fourth-order valence-corrected chi connectivity index (χ4v) is 6.05. The van der Waals surface area contributed by atoms with E-state index in [1.165, 1.54) is 17.7 Å². The van der Waals surface area contributed by atoms with E-state index in [0.29, 0.717) is 25.3 Å². The Morgan fingerprint density at radius 3 is 2.95 bits per heavy atom. The maximum absolute atomic E-state index is 14.3. The lowest BCUT2D eigenvalue weighted by Gasteiger charge is -2.28. The first-order valence-corrected chi connectivity index (χ1v) is 14.1. The Morgan fingerprint density at radius 1 is 1.29 bits per heavy atom. The van der Waals surface area contributed by atoms with E-state index in [1.54, 1.807) is 6.07 Å². The van der Waals surface area contributed by atoms with Crippen molar-refractivity contribution in [3.05, 3.63) is 58.5 Å². The quantitative estimate of drug-likeness (QED) is 0.399. The lowest BCUT2D eigenvalue weighted by Crippen LogP contribution is -2.34. The fourth-order valence-electron chi connectivity index (χ4n) is 6.05. The summed E-state index contributed by atoms with van der Waals surface area (Å²) < 4.78 is 26.7. The molecule has 4 heterocycles. The zero-order chi connectivity index (χ0) is 26.7. The van der Waals surface area contributed by atoms with Gasteiger partial charge in [-0.2, -0.15) is 0 Å². The third-order valence-electron chi connectivity index (χ3n) is 8.07. The number of halogens is 1. The highest BCUT2D eigenvalue weighted by Gasteiger charge is 2.39. The van der Waals surface area contributed by atoms with E-state index in [0.717, 1.165) is 75.0 Å². The van der Waals surface area contributed by atoms with Crippen molar-refractivity contribution in [3.8, 4) is 0 Å². The van der Waals surface area contributed by atoms with Crippen molar-refractivity contribution in [2.75, 3.05) is 31.6 Å². The van der Waals surface area contributed by atoms with Crippen LogP contribution in [0.1, 0.15) is 86.9 Å². The first-order chi connectivity index (χ1) is 18.3. The largest absolute Gasteiger partial charge is 0.480 e. The van der Waals surface area contributed by atoms with E-state index in [1.807, 2.05) is 18.7 Å². The van der Waals surface area contributed by atoms with Gasteiger partial charge in [0.1, 0.15) is 17.7 Å². The van der Waals surface area contributed by atoms with Crippen molar-refractivity contribution in [3.63, 3.8) is 0 Å². The second kappa shape index (κ2) is 11.7. The summed E-state index contributed by atoms with van der Waals surface area (Å²) in [5.41, 5.74) is 3.41. The minimum atomic E-state index is -0.971. The molecule has 1 unspecified atom stereocenters. The zero-order valence-electron chi connectivity index (χ0n) is 22.5. The fraction of sp³-hybridized carbons (Fsp3) is 0.600. The average Bonchev–Trinajstić information content (AvgIpc) is 3.49. The number of hydrogen-bond donors (Lipinski definition) is 2. The van der Waals surface area contributed by atoms with Crippen LogP contribution in [-0.2, 0) is 27.1 Å². The van der Waals surface area contributed by atoms with Crippen molar-refractivity contribution in [2.45, 2.75) is 89.1 Å². The molecule has 2 fully saturated rings. The maximum Gasteiger partial charge on any atom is 0.325 e. The molecule has 1 aromatic carbocycles. The van der Waals surface area contributed by atoms with Gasteiger partial charge in [-0.05, 0) is 100 Å².